The predicted molar refractivity (Wildman–Crippen MR) is 122 cm³/mol. The van der Waals surface area contributed by atoms with Crippen molar-refractivity contribution in [1.82, 2.24) is 0 Å². The number of benzene rings is 3. The number of carbonyl (C=O) groups is 4. The highest BCUT2D eigenvalue weighted by molar-refractivity contribution is 6.16. The number of carboxylic acids is 2. The molecule has 3 rings (SSSR count). The van der Waals surface area contributed by atoms with Crippen molar-refractivity contribution in [3.63, 3.8) is 0 Å². The maximum Gasteiger partial charge on any atom is 0.336 e. The topological polar surface area (TPSA) is 219 Å². The first-order chi connectivity index (χ1) is 17.0. The molecular weight excluding hydrogens is 480 g/mol. The smallest absolute Gasteiger partial charge is 0.336 e. The van der Waals surface area contributed by atoms with E-state index in [4.69, 9.17) is 0 Å². The average molecular weight is 494 g/mol. The van der Waals surface area contributed by atoms with Gasteiger partial charge in [-0.05, 0) is 36.4 Å². The number of hydrogen-bond acceptors (Lipinski definition) is 8. The van der Waals surface area contributed by atoms with Crippen LogP contribution in [0.15, 0.2) is 60.7 Å². The van der Waals surface area contributed by atoms with Crippen LogP contribution in [0.4, 0.5) is 22.7 Å². The second kappa shape index (κ2) is 10.1. The summed E-state index contributed by atoms with van der Waals surface area (Å²) in [6.07, 6.45) is 0. The number of carboxylic acid groups (broad SMARTS) is 2. The SMILES string of the molecule is O=C(O)c1cc(C(=O)Nc2ccc([N+](=O)[O-])cc2)c(C(=O)O)cc1C(=O)Nc1ccc([N+](=O)[O-])cc1. The third-order valence-electron chi connectivity index (χ3n) is 4.78. The van der Waals surface area contributed by atoms with Crippen molar-refractivity contribution in [3.05, 3.63) is 103 Å². The van der Waals surface area contributed by atoms with Gasteiger partial charge in [0.2, 0.25) is 0 Å². The number of aromatic carboxylic acids is 2. The Morgan fingerprint density at radius 2 is 0.889 bits per heavy atom. The molecule has 0 fully saturated rings. The molecule has 0 radical (unpaired) electrons. The first-order valence-electron chi connectivity index (χ1n) is 9.74. The molecule has 0 spiro atoms. The number of nitrogens with zero attached hydrogens (tertiary/aromatic N) is 2. The van der Waals surface area contributed by atoms with E-state index in [2.05, 4.69) is 10.6 Å². The van der Waals surface area contributed by atoms with Crippen LogP contribution in [0.3, 0.4) is 0 Å². The highest BCUT2D eigenvalue weighted by Gasteiger charge is 2.26. The molecule has 3 aromatic rings. The zero-order valence-corrected chi connectivity index (χ0v) is 17.8. The number of hydrogen-bond donors (Lipinski definition) is 4. The van der Waals surface area contributed by atoms with Crippen molar-refractivity contribution >= 4 is 46.5 Å². The lowest BCUT2D eigenvalue weighted by atomic mass is 9.96. The molecule has 3 aromatic carbocycles. The molecule has 0 bridgehead atoms. The minimum Gasteiger partial charge on any atom is -0.478 e. The largest absolute Gasteiger partial charge is 0.478 e. The summed E-state index contributed by atoms with van der Waals surface area (Å²) >= 11 is 0. The first kappa shape index (κ1) is 25.0. The van der Waals surface area contributed by atoms with Crippen LogP contribution in [-0.2, 0) is 0 Å². The number of non-ortho nitro benzene ring substituents is 2. The monoisotopic (exact) mass is 494 g/mol. The quantitative estimate of drug-likeness (QED) is 0.264. The Morgan fingerprint density at radius 3 is 1.14 bits per heavy atom. The third-order valence-corrected chi connectivity index (χ3v) is 4.78. The van der Waals surface area contributed by atoms with Crippen LogP contribution in [0, 0.1) is 20.2 Å². The summed E-state index contributed by atoms with van der Waals surface area (Å²) < 4.78 is 0. The van der Waals surface area contributed by atoms with Gasteiger partial charge in [0.05, 0.1) is 32.1 Å². The lowest BCUT2D eigenvalue weighted by molar-refractivity contribution is -0.385. The van der Waals surface area contributed by atoms with E-state index in [1.54, 1.807) is 0 Å². The van der Waals surface area contributed by atoms with Crippen LogP contribution in [0.5, 0.6) is 0 Å². The maximum atomic E-state index is 12.7. The van der Waals surface area contributed by atoms with Crippen molar-refractivity contribution in [2.24, 2.45) is 0 Å². The number of anilines is 2. The van der Waals surface area contributed by atoms with Gasteiger partial charge in [0.25, 0.3) is 23.2 Å². The van der Waals surface area contributed by atoms with E-state index in [1.807, 2.05) is 0 Å². The molecule has 0 aromatic heterocycles. The summed E-state index contributed by atoms with van der Waals surface area (Å²) in [5.41, 5.74) is -2.90. The zero-order chi connectivity index (χ0) is 26.6. The minimum atomic E-state index is -1.63. The number of amides is 2. The van der Waals surface area contributed by atoms with E-state index >= 15 is 0 Å². The molecular formula is C22H14N4O10. The van der Waals surface area contributed by atoms with Gasteiger partial charge in [0.1, 0.15) is 0 Å². The van der Waals surface area contributed by atoms with Crippen LogP contribution < -0.4 is 10.6 Å². The van der Waals surface area contributed by atoms with E-state index in [0.29, 0.717) is 0 Å². The second-order valence-electron chi connectivity index (χ2n) is 7.07. The molecule has 182 valence electrons. The fraction of sp³-hybridized carbons (Fsp3) is 0. The Balaban J connectivity index is 1.96. The van der Waals surface area contributed by atoms with Gasteiger partial charge in [-0.3, -0.25) is 29.8 Å². The van der Waals surface area contributed by atoms with Gasteiger partial charge in [0, 0.05) is 35.6 Å². The highest BCUT2D eigenvalue weighted by atomic mass is 16.6. The Hall–Kier alpha value is -5.66. The Kier molecular flexibility index (Phi) is 7.00. The van der Waals surface area contributed by atoms with Crippen LogP contribution in [0.2, 0.25) is 0 Å². The molecule has 0 saturated heterocycles. The van der Waals surface area contributed by atoms with E-state index in [-0.39, 0.29) is 22.7 Å². The van der Waals surface area contributed by atoms with E-state index in [0.717, 1.165) is 36.4 Å². The van der Waals surface area contributed by atoms with E-state index < -0.39 is 55.9 Å². The van der Waals surface area contributed by atoms with Crippen molar-refractivity contribution < 1.29 is 39.2 Å². The number of nitro groups is 2. The van der Waals surface area contributed by atoms with Crippen LogP contribution in [0.25, 0.3) is 0 Å². The average Bonchev–Trinajstić information content (AvgIpc) is 2.83. The lowest BCUT2D eigenvalue weighted by Gasteiger charge is -2.13. The zero-order valence-electron chi connectivity index (χ0n) is 17.8. The molecule has 14 heteroatoms. The van der Waals surface area contributed by atoms with Gasteiger partial charge in [0.15, 0.2) is 0 Å². The summed E-state index contributed by atoms with van der Waals surface area (Å²) in [5, 5.41) is 45.3. The Bertz CT molecular complexity index is 1310. The van der Waals surface area contributed by atoms with E-state index in [9.17, 15) is 49.6 Å². The van der Waals surface area contributed by atoms with Crippen molar-refractivity contribution in [1.29, 1.82) is 0 Å². The standard InChI is InChI=1S/C22H14N4O10/c27-19(23-11-1-5-13(6-2-11)25(33)34)15-9-18(22(31)32)16(10-17(15)21(29)30)20(28)24-12-3-7-14(8-4-12)26(35)36/h1-10H,(H,23,27)(H,24,28)(H,29,30)(H,31,32). The number of nitrogens with one attached hydrogen (secondary N) is 2. The van der Waals surface area contributed by atoms with Gasteiger partial charge >= 0.3 is 11.9 Å². The normalized spacial score (nSPS) is 10.2. The summed E-state index contributed by atoms with van der Waals surface area (Å²) in [5.74, 6) is -5.34. The van der Waals surface area contributed by atoms with Crippen molar-refractivity contribution in [3.8, 4) is 0 Å². The molecule has 0 saturated carbocycles. The van der Waals surface area contributed by atoms with Crippen LogP contribution in [-0.4, -0.2) is 43.8 Å². The number of nitro benzene ring substituents is 2. The molecule has 0 heterocycles. The molecule has 2 amide bonds. The van der Waals surface area contributed by atoms with Crippen molar-refractivity contribution in [2.45, 2.75) is 0 Å². The highest BCUT2D eigenvalue weighted by Crippen LogP contribution is 2.23. The summed E-state index contributed by atoms with van der Waals surface area (Å²) in [4.78, 5) is 69.3. The second-order valence-corrected chi connectivity index (χ2v) is 7.07. The summed E-state index contributed by atoms with van der Waals surface area (Å²) in [6, 6.07) is 10.6. The van der Waals surface area contributed by atoms with E-state index in [1.165, 1.54) is 24.3 Å². The number of rotatable bonds is 8. The van der Waals surface area contributed by atoms with Gasteiger partial charge in [-0.1, -0.05) is 0 Å². The minimum absolute atomic E-state index is 0.0683. The number of carbonyl (C=O) groups excluding carboxylic acids is 2. The van der Waals surface area contributed by atoms with Gasteiger partial charge in [-0.15, -0.1) is 0 Å². The van der Waals surface area contributed by atoms with Gasteiger partial charge in [-0.25, -0.2) is 9.59 Å². The van der Waals surface area contributed by atoms with Crippen molar-refractivity contribution in [2.75, 3.05) is 10.6 Å². The molecule has 14 nitrogen and oxygen atoms in total. The molecule has 0 aliphatic carbocycles. The maximum absolute atomic E-state index is 12.7. The molecule has 0 aliphatic heterocycles. The predicted octanol–water partition coefficient (Wildman–Crippen LogP) is 3.40. The van der Waals surface area contributed by atoms with Gasteiger partial charge < -0.3 is 20.8 Å². The molecule has 0 unspecified atom stereocenters. The first-order valence-corrected chi connectivity index (χ1v) is 9.74. The van der Waals surface area contributed by atoms with Crippen LogP contribution >= 0.6 is 0 Å². The lowest BCUT2D eigenvalue weighted by Crippen LogP contribution is -2.22. The summed E-state index contributed by atoms with van der Waals surface area (Å²) in [7, 11) is 0. The Labute approximate surface area is 200 Å². The fourth-order valence-electron chi connectivity index (χ4n) is 3.06. The van der Waals surface area contributed by atoms with Crippen LogP contribution in [0.1, 0.15) is 41.4 Å². The third kappa shape index (κ3) is 5.45. The fourth-order valence-corrected chi connectivity index (χ4v) is 3.06. The molecule has 0 aliphatic rings. The van der Waals surface area contributed by atoms with Gasteiger partial charge in [-0.2, -0.15) is 0 Å². The Morgan fingerprint density at radius 1 is 0.583 bits per heavy atom. The molecule has 0 atom stereocenters. The summed E-state index contributed by atoms with van der Waals surface area (Å²) in [6.45, 7) is 0. The molecule has 4 N–H and O–H groups in total. The molecule has 36 heavy (non-hydrogen) atoms.